The number of rotatable bonds is 3. The van der Waals surface area contributed by atoms with Crippen molar-refractivity contribution in [2.24, 2.45) is 0 Å². The summed E-state index contributed by atoms with van der Waals surface area (Å²) in [6.07, 6.45) is 0. The second-order valence-electron chi connectivity index (χ2n) is 19.7. The lowest BCUT2D eigenvalue weighted by Gasteiger charge is -2.30. The van der Waals surface area contributed by atoms with Crippen molar-refractivity contribution in [2.45, 2.75) is 11.3 Å². The van der Waals surface area contributed by atoms with Gasteiger partial charge in [0.2, 0.25) is 0 Å². The Morgan fingerprint density at radius 2 is 0.700 bits per heavy atom. The minimum Gasteiger partial charge on any atom is -0.0619 e. The average molecular weight is 883 g/mol. The molecule has 1 atom stereocenters. The van der Waals surface area contributed by atoms with Gasteiger partial charge in [0.05, 0.1) is 5.41 Å². The topological polar surface area (TPSA) is 0 Å². The molecule has 3 aliphatic rings. The predicted octanol–water partition coefficient (Wildman–Crippen LogP) is 18.3. The Labute approximate surface area is 406 Å². The van der Waals surface area contributed by atoms with Gasteiger partial charge in [-0.05, 0) is 161 Å². The zero-order chi connectivity index (χ0) is 45.7. The summed E-state index contributed by atoms with van der Waals surface area (Å²) in [6.45, 7) is 0. The molecule has 0 radical (unpaired) electrons. The summed E-state index contributed by atoms with van der Waals surface area (Å²) in [5, 5.41) is 12.8. The molecule has 0 saturated carbocycles. The monoisotopic (exact) mass is 882 g/mol. The van der Waals surface area contributed by atoms with Crippen molar-refractivity contribution in [1.82, 2.24) is 0 Å². The second kappa shape index (κ2) is 14.1. The van der Waals surface area contributed by atoms with Gasteiger partial charge in [0.1, 0.15) is 0 Å². The fraction of sp³-hybridized carbons (Fsp3) is 0.0286. The van der Waals surface area contributed by atoms with E-state index in [1.165, 1.54) is 148 Å². The second-order valence-corrected chi connectivity index (χ2v) is 19.7. The molecular weight excluding hydrogens is 841 g/mol. The molecule has 0 heteroatoms. The van der Waals surface area contributed by atoms with Gasteiger partial charge >= 0.3 is 0 Å². The van der Waals surface area contributed by atoms with Crippen molar-refractivity contribution in [3.8, 4) is 55.6 Å². The first-order valence-electron chi connectivity index (χ1n) is 24.7. The highest BCUT2D eigenvalue weighted by Gasteiger charge is 2.52. The number of hydrogen-bond donors (Lipinski definition) is 0. The van der Waals surface area contributed by atoms with Crippen LogP contribution in [0.3, 0.4) is 0 Å². The number of hydrogen-bond acceptors (Lipinski definition) is 0. The largest absolute Gasteiger partial charge is 0.0725 e. The van der Waals surface area contributed by atoms with Gasteiger partial charge in [0, 0.05) is 5.92 Å². The van der Waals surface area contributed by atoms with Crippen LogP contribution in [-0.2, 0) is 5.41 Å². The molecule has 3 aliphatic carbocycles. The van der Waals surface area contributed by atoms with Crippen LogP contribution in [-0.4, -0.2) is 0 Å². The molecule has 16 rings (SSSR count). The highest BCUT2D eigenvalue weighted by atomic mass is 14.5. The Morgan fingerprint density at radius 3 is 1.34 bits per heavy atom. The van der Waals surface area contributed by atoms with Crippen LogP contribution >= 0.6 is 0 Å². The quantitative estimate of drug-likeness (QED) is 0.155. The molecule has 322 valence electrons. The molecule has 0 saturated heterocycles. The minimum absolute atomic E-state index is 0.112. The van der Waals surface area contributed by atoms with Crippen molar-refractivity contribution in [2.75, 3.05) is 0 Å². The third-order valence-corrected chi connectivity index (χ3v) is 16.5. The summed E-state index contributed by atoms with van der Waals surface area (Å²) < 4.78 is 0. The zero-order valence-corrected chi connectivity index (χ0v) is 38.2. The molecule has 13 aromatic rings. The molecule has 1 unspecified atom stereocenters. The van der Waals surface area contributed by atoms with Crippen LogP contribution < -0.4 is 0 Å². The van der Waals surface area contributed by atoms with Gasteiger partial charge in [-0.3, -0.25) is 0 Å². The normalized spacial score (nSPS) is 14.5. The van der Waals surface area contributed by atoms with Gasteiger partial charge in [-0.1, -0.05) is 237 Å². The third kappa shape index (κ3) is 4.90. The first-order valence-corrected chi connectivity index (χ1v) is 24.7. The molecule has 0 amide bonds. The van der Waals surface area contributed by atoms with E-state index >= 15 is 0 Å². The van der Waals surface area contributed by atoms with E-state index < -0.39 is 5.41 Å². The average Bonchev–Trinajstić information content (AvgIpc) is 4.05. The highest BCUT2D eigenvalue weighted by molar-refractivity contribution is 6.23. The lowest BCUT2D eigenvalue weighted by molar-refractivity contribution is 0.794. The summed E-state index contributed by atoms with van der Waals surface area (Å²) >= 11 is 0. The third-order valence-electron chi connectivity index (χ3n) is 16.5. The standard InChI is InChI=1S/C70H42/c1-2-18-46-41-59-47(40-45(46)17-1)37-39-58-65(57-38-36-42-16-3-4-19-48(42)68(57)69(58)59)44-34-32-43(33-35-44)64-51-22-5-7-24-53(51)66(54-25-8-6-23-52(54)64)56-27-15-31-63-67(56)55-26-11-14-30-62(55)70(63)60-28-12-9-20-49(60)50-21-10-13-29-61(50)70/h1-41,65H. The van der Waals surface area contributed by atoms with Crippen molar-refractivity contribution in [3.63, 3.8) is 0 Å². The zero-order valence-electron chi connectivity index (χ0n) is 38.2. The summed E-state index contributed by atoms with van der Waals surface area (Å²) in [5.41, 5.74) is 22.3. The van der Waals surface area contributed by atoms with Crippen molar-refractivity contribution in [3.05, 3.63) is 288 Å². The molecule has 0 heterocycles. The van der Waals surface area contributed by atoms with Crippen molar-refractivity contribution < 1.29 is 0 Å². The first-order chi connectivity index (χ1) is 34.8. The van der Waals surface area contributed by atoms with E-state index in [9.17, 15) is 0 Å². The smallest absolute Gasteiger partial charge is 0.0619 e. The van der Waals surface area contributed by atoms with E-state index in [4.69, 9.17) is 0 Å². The number of benzene rings is 13. The van der Waals surface area contributed by atoms with Gasteiger partial charge in [-0.15, -0.1) is 0 Å². The Bertz CT molecular complexity index is 4310. The van der Waals surface area contributed by atoms with E-state index in [1.807, 2.05) is 0 Å². The first kappa shape index (κ1) is 38.2. The van der Waals surface area contributed by atoms with E-state index in [-0.39, 0.29) is 5.92 Å². The summed E-state index contributed by atoms with van der Waals surface area (Å²) in [5.74, 6) is 0.112. The Hall–Kier alpha value is -8.84. The summed E-state index contributed by atoms with van der Waals surface area (Å²) in [4.78, 5) is 0. The van der Waals surface area contributed by atoms with E-state index in [2.05, 4.69) is 249 Å². The van der Waals surface area contributed by atoms with Crippen LogP contribution in [0, 0.1) is 0 Å². The maximum Gasteiger partial charge on any atom is 0.0725 e. The van der Waals surface area contributed by atoms with Crippen LogP contribution in [0.5, 0.6) is 0 Å². The van der Waals surface area contributed by atoms with E-state index in [1.54, 1.807) is 0 Å². The maximum absolute atomic E-state index is 2.42. The van der Waals surface area contributed by atoms with Crippen LogP contribution in [0.25, 0.3) is 109 Å². The fourth-order valence-electron chi connectivity index (χ4n) is 13.8. The van der Waals surface area contributed by atoms with E-state index in [0.717, 1.165) is 0 Å². The fourth-order valence-corrected chi connectivity index (χ4v) is 13.8. The van der Waals surface area contributed by atoms with Crippen molar-refractivity contribution in [1.29, 1.82) is 0 Å². The summed E-state index contributed by atoms with van der Waals surface area (Å²) in [6, 6.07) is 94.4. The van der Waals surface area contributed by atoms with Gasteiger partial charge in [-0.25, -0.2) is 0 Å². The molecule has 1 spiro atoms. The van der Waals surface area contributed by atoms with Crippen LogP contribution in [0.1, 0.15) is 44.9 Å². The van der Waals surface area contributed by atoms with Crippen LogP contribution in [0.15, 0.2) is 249 Å². The van der Waals surface area contributed by atoms with Crippen LogP contribution in [0.2, 0.25) is 0 Å². The molecule has 0 aromatic heterocycles. The molecule has 70 heavy (non-hydrogen) atoms. The number of fused-ring (bicyclic) bond motifs is 20. The Kier molecular flexibility index (Phi) is 7.69. The lowest BCUT2D eigenvalue weighted by atomic mass is 9.70. The molecule has 0 nitrogen and oxygen atoms in total. The maximum atomic E-state index is 2.42. The predicted molar refractivity (Wildman–Crippen MR) is 294 cm³/mol. The Balaban J connectivity index is 0.897. The SMILES string of the molecule is c1ccc2c(c1)-c1ccccc1C21c2ccccc2-c2c(-c3c4ccccc4c(-c4ccc(C5c6ccc7ccccc7c6-c6c5ccc5cc7ccccc7cc65)cc4)c4ccccc34)cccc21. The Morgan fingerprint density at radius 1 is 0.243 bits per heavy atom. The molecular formula is C70H42. The minimum atomic E-state index is -0.405. The van der Waals surface area contributed by atoms with Crippen LogP contribution in [0.4, 0.5) is 0 Å². The molecule has 0 N–H and O–H groups in total. The highest BCUT2D eigenvalue weighted by Crippen LogP contribution is 2.64. The lowest BCUT2D eigenvalue weighted by Crippen LogP contribution is -2.25. The van der Waals surface area contributed by atoms with Gasteiger partial charge in [0.15, 0.2) is 0 Å². The molecule has 0 fully saturated rings. The molecule has 13 aromatic carbocycles. The molecule has 0 aliphatic heterocycles. The summed E-state index contributed by atoms with van der Waals surface area (Å²) in [7, 11) is 0. The van der Waals surface area contributed by atoms with Gasteiger partial charge < -0.3 is 0 Å². The molecule has 0 bridgehead atoms. The van der Waals surface area contributed by atoms with Gasteiger partial charge in [-0.2, -0.15) is 0 Å². The van der Waals surface area contributed by atoms with Gasteiger partial charge in [0.25, 0.3) is 0 Å². The van der Waals surface area contributed by atoms with Crippen molar-refractivity contribution >= 4 is 53.9 Å². The van der Waals surface area contributed by atoms with E-state index in [0.29, 0.717) is 0 Å².